The Hall–Kier alpha value is -2.87. The molecule has 204 valence electrons. The predicted octanol–water partition coefficient (Wildman–Crippen LogP) is 2.20. The Kier molecular flexibility index (Phi) is 10.3. The van der Waals surface area contributed by atoms with E-state index in [1.165, 1.54) is 18.2 Å². The van der Waals surface area contributed by atoms with E-state index < -0.39 is 38.9 Å². The Balaban J connectivity index is 2.09. The second-order valence-corrected chi connectivity index (χ2v) is 11.2. The molecule has 1 aromatic heterocycles. The van der Waals surface area contributed by atoms with Crippen LogP contribution in [0.4, 0.5) is 5.69 Å². The van der Waals surface area contributed by atoms with E-state index in [1.54, 1.807) is 45.5 Å². The first-order chi connectivity index (χ1) is 17.1. The van der Waals surface area contributed by atoms with Crippen molar-refractivity contribution in [2.24, 2.45) is 5.41 Å². The van der Waals surface area contributed by atoms with Gasteiger partial charge >= 0.3 is 11.9 Å². The van der Waals surface area contributed by atoms with Crippen LogP contribution >= 0.6 is 15.9 Å². The summed E-state index contributed by atoms with van der Waals surface area (Å²) in [5, 5.41) is 31.0. The lowest BCUT2D eigenvalue weighted by Gasteiger charge is -2.27. The minimum absolute atomic E-state index is 0.0661. The highest BCUT2D eigenvalue weighted by atomic mass is 79.9. The number of carbonyl (C=O) groups excluding carboxylic acids is 3. The summed E-state index contributed by atoms with van der Waals surface area (Å²) in [6, 6.07) is 4.37. The number of amides is 1. The van der Waals surface area contributed by atoms with E-state index in [2.05, 4.69) is 31.6 Å². The smallest absolute Gasteiger partial charge is 0.320 e. The van der Waals surface area contributed by atoms with Crippen molar-refractivity contribution in [3.05, 3.63) is 46.4 Å². The van der Waals surface area contributed by atoms with Crippen LogP contribution in [0.15, 0.2) is 24.4 Å². The van der Waals surface area contributed by atoms with Gasteiger partial charge in [0.1, 0.15) is 28.3 Å². The van der Waals surface area contributed by atoms with Crippen LogP contribution in [0.5, 0.6) is 0 Å². The van der Waals surface area contributed by atoms with Gasteiger partial charge in [-0.1, -0.05) is 27.2 Å². The highest BCUT2D eigenvalue weighted by molar-refractivity contribution is 9.10. The second kappa shape index (κ2) is 12.6. The van der Waals surface area contributed by atoms with E-state index >= 15 is 0 Å². The van der Waals surface area contributed by atoms with Crippen LogP contribution in [0.2, 0.25) is 0 Å². The number of para-hydroxylation sites is 1. The summed E-state index contributed by atoms with van der Waals surface area (Å²) in [6.07, 6.45) is 1.77. The van der Waals surface area contributed by atoms with Gasteiger partial charge in [-0.25, -0.2) is 5.21 Å². The van der Waals surface area contributed by atoms with Gasteiger partial charge in [-0.15, -0.1) is 5.10 Å². The topological polar surface area (TPSA) is 160 Å². The molecule has 0 radical (unpaired) electrons. The summed E-state index contributed by atoms with van der Waals surface area (Å²) < 4.78 is 12.4. The Labute approximate surface area is 224 Å². The average Bonchev–Trinajstić information content (AvgIpc) is 3.27. The number of hydrogen-bond donors (Lipinski definition) is 3. The summed E-state index contributed by atoms with van der Waals surface area (Å²) in [4.78, 5) is 37.1. The van der Waals surface area contributed by atoms with Crippen LogP contribution in [0.1, 0.15) is 69.6 Å². The molecule has 13 heteroatoms. The molecule has 0 aliphatic carbocycles. The number of alkyl halides is 1. The highest BCUT2D eigenvalue weighted by Gasteiger charge is 2.36. The molecule has 37 heavy (non-hydrogen) atoms. The third-order valence-corrected chi connectivity index (χ3v) is 5.91. The zero-order valence-corrected chi connectivity index (χ0v) is 23.4. The van der Waals surface area contributed by atoms with E-state index in [0.29, 0.717) is 12.2 Å². The van der Waals surface area contributed by atoms with Crippen LogP contribution in [-0.2, 0) is 38.8 Å². The zero-order valence-electron chi connectivity index (χ0n) is 21.8. The fourth-order valence-corrected chi connectivity index (χ4v) is 4.22. The number of ether oxygens (including phenoxy) is 2. The number of hydrogen-bond acceptors (Lipinski definition) is 9. The van der Waals surface area contributed by atoms with Gasteiger partial charge in [-0.2, -0.15) is 5.23 Å². The fourth-order valence-electron chi connectivity index (χ4n) is 3.32. The number of quaternary nitrogens is 1. The minimum Gasteiger partial charge on any atom is -0.595 e. The largest absolute Gasteiger partial charge is 0.595 e. The number of halogens is 1. The van der Waals surface area contributed by atoms with Crippen LogP contribution in [-0.4, -0.2) is 48.5 Å². The van der Waals surface area contributed by atoms with Gasteiger partial charge in [-0.05, 0) is 60.1 Å². The number of benzene rings is 1. The van der Waals surface area contributed by atoms with Crippen molar-refractivity contribution < 1.29 is 34.3 Å². The fraction of sp³-hybridized carbons (Fsp3) is 0.542. The Morgan fingerprint density at radius 3 is 2.49 bits per heavy atom. The molecule has 2 unspecified atom stereocenters. The first-order valence-electron chi connectivity index (χ1n) is 11.7. The first-order valence-corrected chi connectivity index (χ1v) is 12.6. The van der Waals surface area contributed by atoms with Crippen molar-refractivity contribution >= 4 is 39.5 Å². The molecule has 2 aromatic rings. The van der Waals surface area contributed by atoms with Gasteiger partial charge in [0.25, 0.3) is 5.91 Å². The molecule has 0 spiro atoms. The lowest BCUT2D eigenvalue weighted by Crippen LogP contribution is -2.99. The molecule has 0 saturated carbocycles. The Morgan fingerprint density at radius 2 is 1.92 bits per heavy atom. The molecular formula is C24H34BrN5O7. The van der Waals surface area contributed by atoms with Crippen LogP contribution in [0, 0.1) is 10.6 Å². The van der Waals surface area contributed by atoms with E-state index in [0.717, 1.165) is 0 Å². The summed E-state index contributed by atoms with van der Waals surface area (Å²) in [5.74, 6) is -1.75. The van der Waals surface area contributed by atoms with E-state index in [4.69, 9.17) is 9.47 Å². The van der Waals surface area contributed by atoms with Gasteiger partial charge in [0.15, 0.2) is 5.69 Å². The third-order valence-electron chi connectivity index (χ3n) is 5.21. The molecule has 3 N–H and O–H groups in total. The maximum atomic E-state index is 12.8. The molecule has 0 aliphatic rings. The van der Waals surface area contributed by atoms with E-state index in [9.17, 15) is 24.8 Å². The molecular weight excluding hydrogens is 550 g/mol. The average molecular weight is 584 g/mol. The molecule has 2 atom stereocenters. The number of aryl methyl sites for hydroxylation is 1. The number of esters is 2. The Morgan fingerprint density at radius 1 is 1.24 bits per heavy atom. The van der Waals surface area contributed by atoms with Crippen LogP contribution < -0.4 is 10.5 Å². The van der Waals surface area contributed by atoms with Crippen molar-refractivity contribution in [2.45, 2.75) is 78.1 Å². The van der Waals surface area contributed by atoms with Gasteiger partial charge in [0.2, 0.25) is 0 Å². The molecule has 2 rings (SSSR count). The highest BCUT2D eigenvalue weighted by Crippen LogP contribution is 2.30. The quantitative estimate of drug-likeness (QED) is 0.204. The van der Waals surface area contributed by atoms with Gasteiger partial charge < -0.3 is 20.0 Å². The summed E-state index contributed by atoms with van der Waals surface area (Å²) in [7, 11) is 0. The molecule has 0 bridgehead atoms. The van der Waals surface area contributed by atoms with E-state index in [-0.39, 0.29) is 36.4 Å². The predicted molar refractivity (Wildman–Crippen MR) is 136 cm³/mol. The molecule has 1 aromatic carbocycles. The van der Waals surface area contributed by atoms with Crippen LogP contribution in [0.3, 0.4) is 0 Å². The lowest BCUT2D eigenvalue weighted by atomic mass is 9.88. The maximum Gasteiger partial charge on any atom is 0.320 e. The lowest BCUT2D eigenvalue weighted by molar-refractivity contribution is -0.991. The van der Waals surface area contributed by atoms with Crippen molar-refractivity contribution in [3.8, 4) is 0 Å². The number of nitrogens with zero attached hydrogens (tertiary/aromatic N) is 3. The number of rotatable bonds is 11. The normalized spacial score (nSPS) is 13.5. The first kappa shape index (κ1) is 30.4. The summed E-state index contributed by atoms with van der Waals surface area (Å²) in [6.45, 7) is 10.7. The number of nitrogens with one attached hydrogen (secondary N) is 2. The zero-order chi connectivity index (χ0) is 28.0. The van der Waals surface area contributed by atoms with E-state index in [1.807, 2.05) is 6.92 Å². The minimum atomic E-state index is -1.33. The van der Waals surface area contributed by atoms with Gasteiger partial charge in [0, 0.05) is 6.54 Å². The standard InChI is InChI=1S/C24H34BrN5O7/c1-7-29-13-16(27-28-29)12-26-20(31)17-10-8-9-15(19(17)30(34)35)14-36-22(33)24(5,6)11-18(25)21(32)37-23(2,3)4/h8-10,13,18,30,34H,7,11-12,14H2,1-6H3,(H,26,31). The van der Waals surface area contributed by atoms with Crippen molar-refractivity contribution in [1.82, 2.24) is 20.3 Å². The van der Waals surface area contributed by atoms with Gasteiger partial charge in [-0.3, -0.25) is 19.1 Å². The molecule has 12 nitrogen and oxygen atoms in total. The van der Waals surface area contributed by atoms with Gasteiger partial charge in [0.05, 0.1) is 23.7 Å². The summed E-state index contributed by atoms with van der Waals surface area (Å²) >= 11 is 3.27. The number of carbonyl (C=O) groups is 3. The summed E-state index contributed by atoms with van der Waals surface area (Å²) in [5.41, 5.74) is -1.42. The van der Waals surface area contributed by atoms with Crippen molar-refractivity contribution in [2.75, 3.05) is 0 Å². The second-order valence-electron chi connectivity index (χ2n) is 10.1. The Bertz CT molecular complexity index is 1110. The monoisotopic (exact) mass is 583 g/mol. The third kappa shape index (κ3) is 8.88. The molecule has 0 saturated heterocycles. The van der Waals surface area contributed by atoms with Crippen molar-refractivity contribution in [1.29, 1.82) is 0 Å². The molecule has 0 aliphatic heterocycles. The SMILES string of the molecule is CCn1cc(CNC(=O)c2cccc(COC(=O)C(C)(C)CC(Br)C(=O)OC(C)(C)C)c2[NH+]([O-])O)nn1. The maximum absolute atomic E-state index is 12.8. The number of aromatic nitrogens is 3. The van der Waals surface area contributed by atoms with Crippen LogP contribution in [0.25, 0.3) is 0 Å². The molecule has 1 amide bonds. The molecule has 0 fully saturated rings. The molecule has 1 heterocycles. The van der Waals surface area contributed by atoms with Crippen molar-refractivity contribution in [3.63, 3.8) is 0 Å².